The molecule has 2 heterocycles. The number of likely N-dealkylation sites (tertiary alicyclic amines) is 1. The van der Waals surface area contributed by atoms with Crippen LogP contribution < -0.4 is 4.74 Å². The van der Waals surface area contributed by atoms with E-state index in [0.717, 1.165) is 31.2 Å². The Hall–Kier alpha value is -1.06. The zero-order valence-corrected chi connectivity index (χ0v) is 12.5. The summed E-state index contributed by atoms with van der Waals surface area (Å²) in [4.78, 5) is 2.45. The highest BCUT2D eigenvalue weighted by Crippen LogP contribution is 2.40. The lowest BCUT2D eigenvalue weighted by atomic mass is 9.90. The summed E-state index contributed by atoms with van der Waals surface area (Å²) in [5, 5.41) is 10.4. The third kappa shape index (κ3) is 2.45. The molecule has 0 amide bonds. The monoisotopic (exact) mass is 275 g/mol. The van der Waals surface area contributed by atoms with Gasteiger partial charge in [-0.05, 0) is 43.8 Å². The fourth-order valence-electron chi connectivity index (χ4n) is 3.51. The van der Waals surface area contributed by atoms with Crippen LogP contribution in [0.2, 0.25) is 0 Å². The van der Waals surface area contributed by atoms with Gasteiger partial charge in [0.1, 0.15) is 18.5 Å². The third-order valence-electron chi connectivity index (χ3n) is 4.80. The molecule has 110 valence electrons. The van der Waals surface area contributed by atoms with Crippen LogP contribution >= 0.6 is 0 Å². The normalized spacial score (nSPS) is 27.9. The van der Waals surface area contributed by atoms with Gasteiger partial charge in [0.05, 0.1) is 6.04 Å². The number of piperidine rings is 1. The van der Waals surface area contributed by atoms with E-state index in [1.165, 1.54) is 24.0 Å². The molecule has 3 heteroatoms. The molecule has 1 aromatic carbocycles. The number of nitrogens with zero attached hydrogens (tertiary/aromatic N) is 1. The molecule has 20 heavy (non-hydrogen) atoms. The molecule has 2 atom stereocenters. The number of aliphatic hydroxyl groups is 1. The Kier molecular flexibility index (Phi) is 3.99. The Bertz CT molecular complexity index is 466. The molecule has 2 aliphatic heterocycles. The van der Waals surface area contributed by atoms with Gasteiger partial charge in [-0.1, -0.05) is 32.0 Å². The number of aryl methyl sites for hydroxylation is 1. The summed E-state index contributed by atoms with van der Waals surface area (Å²) >= 11 is 0. The van der Waals surface area contributed by atoms with Gasteiger partial charge < -0.3 is 9.84 Å². The summed E-state index contributed by atoms with van der Waals surface area (Å²) in [6.45, 7) is 7.06. The lowest BCUT2D eigenvalue weighted by molar-refractivity contribution is -0.0117. The topological polar surface area (TPSA) is 32.7 Å². The molecule has 0 aliphatic carbocycles. The van der Waals surface area contributed by atoms with Crippen molar-refractivity contribution >= 4 is 0 Å². The minimum Gasteiger partial charge on any atom is -0.490 e. The van der Waals surface area contributed by atoms with Gasteiger partial charge in [0.25, 0.3) is 0 Å². The Morgan fingerprint density at radius 1 is 1.30 bits per heavy atom. The van der Waals surface area contributed by atoms with E-state index in [0.29, 0.717) is 6.61 Å². The maximum atomic E-state index is 10.4. The van der Waals surface area contributed by atoms with Crippen LogP contribution in [0.3, 0.4) is 0 Å². The summed E-state index contributed by atoms with van der Waals surface area (Å²) in [5.74, 6) is 1.83. The first kappa shape index (κ1) is 13.9. The molecule has 0 radical (unpaired) electrons. The van der Waals surface area contributed by atoms with Crippen LogP contribution in [-0.2, 0) is 6.42 Å². The predicted molar refractivity (Wildman–Crippen MR) is 80.0 cm³/mol. The Morgan fingerprint density at radius 2 is 2.05 bits per heavy atom. The second-order valence-electron chi connectivity index (χ2n) is 6.23. The number of ether oxygens (including phenoxy) is 1. The van der Waals surface area contributed by atoms with Crippen molar-refractivity contribution in [1.29, 1.82) is 0 Å². The van der Waals surface area contributed by atoms with E-state index in [2.05, 4.69) is 36.9 Å². The van der Waals surface area contributed by atoms with E-state index in [1.807, 2.05) is 0 Å². The number of fused-ring (bicyclic) bond motifs is 1. The van der Waals surface area contributed by atoms with Gasteiger partial charge in [-0.2, -0.15) is 0 Å². The molecule has 1 saturated heterocycles. The predicted octanol–water partition coefficient (Wildman–Crippen LogP) is 2.78. The van der Waals surface area contributed by atoms with E-state index in [1.54, 1.807) is 0 Å². The van der Waals surface area contributed by atoms with Crippen molar-refractivity contribution < 1.29 is 9.84 Å². The van der Waals surface area contributed by atoms with Gasteiger partial charge in [0.15, 0.2) is 0 Å². The molecule has 1 fully saturated rings. The highest BCUT2D eigenvalue weighted by atomic mass is 16.5. The second-order valence-corrected chi connectivity index (χ2v) is 6.23. The van der Waals surface area contributed by atoms with E-state index in [-0.39, 0.29) is 6.04 Å². The van der Waals surface area contributed by atoms with Crippen molar-refractivity contribution in [2.45, 2.75) is 45.3 Å². The van der Waals surface area contributed by atoms with Gasteiger partial charge in [-0.15, -0.1) is 0 Å². The molecule has 0 aromatic heterocycles. The van der Waals surface area contributed by atoms with Gasteiger partial charge in [-0.25, -0.2) is 0 Å². The maximum absolute atomic E-state index is 10.4. The van der Waals surface area contributed by atoms with Crippen molar-refractivity contribution in [3.05, 3.63) is 29.3 Å². The first-order valence-corrected chi connectivity index (χ1v) is 7.87. The minimum absolute atomic E-state index is 0.109. The van der Waals surface area contributed by atoms with Gasteiger partial charge >= 0.3 is 0 Å². The van der Waals surface area contributed by atoms with Crippen LogP contribution in [0.4, 0.5) is 0 Å². The lowest BCUT2D eigenvalue weighted by Gasteiger charge is -2.42. The molecule has 3 nitrogen and oxygen atoms in total. The minimum atomic E-state index is -0.414. The molecule has 0 bridgehead atoms. The van der Waals surface area contributed by atoms with Crippen molar-refractivity contribution in [3.8, 4) is 5.75 Å². The van der Waals surface area contributed by atoms with E-state index < -0.39 is 6.10 Å². The van der Waals surface area contributed by atoms with E-state index in [9.17, 15) is 5.11 Å². The number of aliphatic hydroxyl groups excluding tert-OH is 1. The fraction of sp³-hybridized carbons (Fsp3) is 0.647. The summed E-state index contributed by atoms with van der Waals surface area (Å²) in [6, 6.07) is 6.46. The van der Waals surface area contributed by atoms with Crippen LogP contribution in [0.15, 0.2) is 18.2 Å². The molecular formula is C17H25NO2. The molecular weight excluding hydrogens is 250 g/mol. The van der Waals surface area contributed by atoms with Crippen molar-refractivity contribution in [3.63, 3.8) is 0 Å². The SMILES string of the molecule is CCc1cccc2c1OCC(O)C2N1CCC(C)CC1. The fourth-order valence-corrected chi connectivity index (χ4v) is 3.51. The van der Waals surface area contributed by atoms with Crippen LogP contribution in [-0.4, -0.2) is 35.8 Å². The van der Waals surface area contributed by atoms with Crippen molar-refractivity contribution in [2.24, 2.45) is 5.92 Å². The first-order valence-electron chi connectivity index (χ1n) is 7.87. The number of rotatable bonds is 2. The van der Waals surface area contributed by atoms with Crippen molar-refractivity contribution in [2.75, 3.05) is 19.7 Å². The third-order valence-corrected chi connectivity index (χ3v) is 4.80. The van der Waals surface area contributed by atoms with E-state index >= 15 is 0 Å². The Labute approximate surface area is 121 Å². The molecule has 1 aromatic rings. The standard InChI is InChI=1S/C17H25NO2/c1-3-13-5-4-6-14-16(15(19)11-20-17(13)14)18-9-7-12(2)8-10-18/h4-6,12,15-16,19H,3,7-11H2,1-2H3. The van der Waals surface area contributed by atoms with Gasteiger partial charge in [-0.3, -0.25) is 4.90 Å². The molecule has 0 saturated carbocycles. The molecule has 1 N–H and O–H groups in total. The van der Waals surface area contributed by atoms with Crippen LogP contribution in [0.5, 0.6) is 5.75 Å². The summed E-state index contributed by atoms with van der Waals surface area (Å²) in [5.41, 5.74) is 2.43. The molecule has 2 unspecified atom stereocenters. The molecule has 2 aliphatic rings. The second kappa shape index (κ2) is 5.74. The quantitative estimate of drug-likeness (QED) is 0.901. The Morgan fingerprint density at radius 3 is 2.75 bits per heavy atom. The largest absolute Gasteiger partial charge is 0.490 e. The number of hydrogen-bond donors (Lipinski definition) is 1. The summed E-state index contributed by atoms with van der Waals surface area (Å²) in [6.07, 6.45) is 3.02. The van der Waals surface area contributed by atoms with Crippen LogP contribution in [0.1, 0.15) is 43.9 Å². The average molecular weight is 275 g/mol. The Balaban J connectivity index is 1.91. The summed E-state index contributed by atoms with van der Waals surface area (Å²) in [7, 11) is 0. The average Bonchev–Trinajstić information content (AvgIpc) is 2.47. The van der Waals surface area contributed by atoms with Crippen LogP contribution in [0, 0.1) is 5.92 Å². The highest BCUT2D eigenvalue weighted by Gasteiger charge is 2.36. The summed E-state index contributed by atoms with van der Waals surface area (Å²) < 4.78 is 5.82. The van der Waals surface area contributed by atoms with E-state index in [4.69, 9.17) is 4.74 Å². The number of hydrogen-bond acceptors (Lipinski definition) is 3. The smallest absolute Gasteiger partial charge is 0.127 e. The first-order chi connectivity index (χ1) is 9.70. The zero-order valence-electron chi connectivity index (χ0n) is 12.5. The maximum Gasteiger partial charge on any atom is 0.127 e. The van der Waals surface area contributed by atoms with Gasteiger partial charge in [0.2, 0.25) is 0 Å². The molecule has 0 spiro atoms. The van der Waals surface area contributed by atoms with Gasteiger partial charge in [0, 0.05) is 5.56 Å². The number of para-hydroxylation sites is 1. The van der Waals surface area contributed by atoms with Crippen LogP contribution in [0.25, 0.3) is 0 Å². The number of benzene rings is 1. The van der Waals surface area contributed by atoms with Crippen molar-refractivity contribution in [1.82, 2.24) is 4.90 Å². The zero-order chi connectivity index (χ0) is 14.1. The molecule has 3 rings (SSSR count). The lowest BCUT2D eigenvalue weighted by Crippen LogP contribution is -2.45. The highest BCUT2D eigenvalue weighted by molar-refractivity contribution is 5.45.